The Morgan fingerprint density at radius 3 is 2.40 bits per heavy atom. The summed E-state index contributed by atoms with van der Waals surface area (Å²) in [4.78, 5) is 15.7. The number of ether oxygens (including phenoxy) is 5. The third kappa shape index (κ3) is 5.86. The van der Waals surface area contributed by atoms with Crippen LogP contribution in [0.3, 0.4) is 0 Å². The van der Waals surface area contributed by atoms with E-state index in [4.69, 9.17) is 40.3 Å². The van der Waals surface area contributed by atoms with E-state index >= 15 is 0 Å². The highest BCUT2D eigenvalue weighted by Gasteiger charge is 2.66. The van der Waals surface area contributed by atoms with E-state index in [-0.39, 0.29) is 31.1 Å². The third-order valence-corrected chi connectivity index (χ3v) is 14.6. The number of methoxy groups -OCH3 is 1. The molecular weight excluding hydrogens is 567 g/mol. The maximum Gasteiger partial charge on any atom is 0.410 e. The topological polar surface area (TPSA) is 75.7 Å². The van der Waals surface area contributed by atoms with Gasteiger partial charge in [-0.2, -0.15) is 0 Å². The minimum Gasteiger partial charge on any atom is -0.474 e. The minimum atomic E-state index is -2.13. The van der Waals surface area contributed by atoms with E-state index in [1.807, 2.05) is 44.1 Å². The van der Waals surface area contributed by atoms with Gasteiger partial charge in [-0.3, -0.25) is 0 Å². The van der Waals surface area contributed by atoms with Crippen molar-refractivity contribution in [3.8, 4) is 11.5 Å². The van der Waals surface area contributed by atoms with E-state index in [9.17, 15) is 4.79 Å². The molecule has 5 atom stereocenters. The van der Waals surface area contributed by atoms with Gasteiger partial charge in [-0.25, -0.2) is 4.79 Å². The van der Waals surface area contributed by atoms with Crippen molar-refractivity contribution in [3.63, 3.8) is 0 Å². The number of hydrogen-bond acceptors (Lipinski definition) is 9. The SMILES string of the molecule is CC[Si](CC)(CC)O[C@H]1CN(C(=O)OC(C)(C)C)[C@H]2C[C@H](OC)C[C@H](OC(=S)SC)[C@@]12c1ccc2c(c1)OCO2. The zero-order chi connectivity index (χ0) is 29.3. The summed E-state index contributed by atoms with van der Waals surface area (Å²) >= 11 is 7.04. The minimum absolute atomic E-state index is 0.129. The van der Waals surface area contributed by atoms with Crippen molar-refractivity contribution in [2.24, 2.45) is 0 Å². The monoisotopic (exact) mass is 611 g/mol. The fourth-order valence-electron chi connectivity index (χ4n) is 6.64. The number of carbonyl (C=O) groups is 1. The summed E-state index contributed by atoms with van der Waals surface area (Å²) in [6, 6.07) is 8.73. The van der Waals surface area contributed by atoms with Crippen LogP contribution in [0, 0.1) is 0 Å². The molecule has 2 heterocycles. The molecule has 0 aromatic heterocycles. The lowest BCUT2D eigenvalue weighted by Crippen LogP contribution is -2.63. The molecule has 11 heteroatoms. The number of amides is 1. The van der Waals surface area contributed by atoms with Crippen molar-refractivity contribution >= 4 is 42.8 Å². The molecule has 1 amide bonds. The Hall–Kier alpha value is -1.53. The Kier molecular flexibility index (Phi) is 9.71. The Bertz CT molecular complexity index is 1070. The molecule has 2 aliphatic heterocycles. The van der Waals surface area contributed by atoms with Gasteiger partial charge in [-0.05, 0) is 81.5 Å². The number of thiocarbonyl (C=S) groups is 1. The number of likely N-dealkylation sites (tertiary alicyclic amines) is 1. The van der Waals surface area contributed by atoms with Crippen LogP contribution in [0.25, 0.3) is 0 Å². The number of hydrogen-bond donors (Lipinski definition) is 0. The van der Waals surface area contributed by atoms with Crippen molar-refractivity contribution in [2.45, 2.75) is 108 Å². The van der Waals surface area contributed by atoms with Crippen LogP contribution in [0.5, 0.6) is 11.5 Å². The van der Waals surface area contributed by atoms with Crippen molar-refractivity contribution in [2.75, 3.05) is 26.7 Å². The molecule has 3 aliphatic rings. The smallest absolute Gasteiger partial charge is 0.410 e. The average Bonchev–Trinajstić information content (AvgIpc) is 3.53. The lowest BCUT2D eigenvalue weighted by Gasteiger charge is -2.52. The second-order valence-electron chi connectivity index (χ2n) is 11.9. The van der Waals surface area contributed by atoms with E-state index < -0.39 is 25.4 Å². The van der Waals surface area contributed by atoms with Crippen LogP contribution in [0.4, 0.5) is 4.79 Å². The fraction of sp³-hybridized carbons (Fsp3) is 0.724. The number of carbonyl (C=O) groups excluding carboxylic acids is 1. The first-order valence-electron chi connectivity index (χ1n) is 14.3. The summed E-state index contributed by atoms with van der Waals surface area (Å²) in [7, 11) is -0.419. The first kappa shape index (κ1) is 31.4. The lowest BCUT2D eigenvalue weighted by atomic mass is 9.62. The molecule has 0 spiro atoms. The average molecular weight is 612 g/mol. The van der Waals surface area contributed by atoms with E-state index in [0.29, 0.717) is 35.3 Å². The van der Waals surface area contributed by atoms with Crippen molar-refractivity contribution in [3.05, 3.63) is 23.8 Å². The molecule has 0 radical (unpaired) electrons. The first-order chi connectivity index (χ1) is 19.0. The molecule has 1 aromatic rings. The Morgan fingerprint density at radius 2 is 1.80 bits per heavy atom. The maximum absolute atomic E-state index is 13.9. The molecule has 0 unspecified atom stereocenters. The van der Waals surface area contributed by atoms with Crippen LogP contribution in [0.15, 0.2) is 18.2 Å². The Morgan fingerprint density at radius 1 is 1.12 bits per heavy atom. The molecule has 1 saturated carbocycles. The summed E-state index contributed by atoms with van der Waals surface area (Å²) in [5, 5.41) is 0. The van der Waals surface area contributed by atoms with Crippen LogP contribution in [0.1, 0.15) is 59.9 Å². The number of benzene rings is 1. The van der Waals surface area contributed by atoms with Crippen LogP contribution in [0.2, 0.25) is 18.1 Å². The summed E-state index contributed by atoms with van der Waals surface area (Å²) in [6.45, 7) is 12.9. The third-order valence-electron chi connectivity index (χ3n) is 8.88. The van der Waals surface area contributed by atoms with Gasteiger partial charge in [0.2, 0.25) is 11.2 Å². The van der Waals surface area contributed by atoms with Gasteiger partial charge in [0.1, 0.15) is 11.7 Å². The van der Waals surface area contributed by atoms with Gasteiger partial charge in [-0.15, -0.1) is 0 Å². The van der Waals surface area contributed by atoms with Gasteiger partial charge in [-0.1, -0.05) is 38.6 Å². The molecule has 40 heavy (non-hydrogen) atoms. The summed E-state index contributed by atoms with van der Waals surface area (Å²) in [5.41, 5.74) is -0.380. The zero-order valence-corrected chi connectivity index (χ0v) is 27.7. The molecule has 1 aliphatic carbocycles. The van der Waals surface area contributed by atoms with Gasteiger partial charge >= 0.3 is 6.09 Å². The molecule has 224 valence electrons. The second-order valence-corrected chi connectivity index (χ2v) is 18.0. The van der Waals surface area contributed by atoms with Crippen molar-refractivity contribution in [1.29, 1.82) is 0 Å². The molecule has 4 rings (SSSR count). The number of rotatable bonds is 8. The molecule has 0 N–H and O–H groups in total. The van der Waals surface area contributed by atoms with Crippen LogP contribution in [-0.2, 0) is 24.1 Å². The molecule has 1 saturated heterocycles. The lowest BCUT2D eigenvalue weighted by molar-refractivity contribution is -0.0707. The largest absolute Gasteiger partial charge is 0.474 e. The number of fused-ring (bicyclic) bond motifs is 2. The maximum atomic E-state index is 13.9. The van der Waals surface area contributed by atoms with Crippen molar-refractivity contribution in [1.82, 2.24) is 4.90 Å². The zero-order valence-electron chi connectivity index (χ0n) is 25.1. The number of thioether (sulfide) groups is 1. The van der Waals surface area contributed by atoms with Crippen LogP contribution < -0.4 is 9.47 Å². The summed E-state index contributed by atoms with van der Waals surface area (Å²) in [6.07, 6.45) is 1.94. The van der Waals surface area contributed by atoms with E-state index in [2.05, 4.69) is 26.8 Å². The van der Waals surface area contributed by atoms with E-state index in [1.54, 1.807) is 7.11 Å². The van der Waals surface area contributed by atoms with Crippen molar-refractivity contribution < 1.29 is 32.9 Å². The molecule has 0 bridgehead atoms. The highest BCUT2D eigenvalue weighted by molar-refractivity contribution is 8.22. The van der Waals surface area contributed by atoms with Crippen LogP contribution in [-0.4, -0.2) is 80.4 Å². The van der Waals surface area contributed by atoms with Gasteiger partial charge in [0.05, 0.1) is 30.2 Å². The van der Waals surface area contributed by atoms with Gasteiger partial charge < -0.3 is 33.0 Å². The summed E-state index contributed by atoms with van der Waals surface area (Å²) < 4.78 is 37.9. The highest BCUT2D eigenvalue weighted by Crippen LogP contribution is 2.55. The normalized spacial score (nSPS) is 27.9. The highest BCUT2D eigenvalue weighted by atomic mass is 32.2. The van der Waals surface area contributed by atoms with E-state index in [1.165, 1.54) is 11.8 Å². The standard InChI is InChI=1S/C29H45NO7S2Si/c1-9-40(10-2,11-3)37-25-17-30(26(31)36-28(4,5)6)23-15-20(32-7)16-24(35-27(38)39-8)29(23,25)19-12-13-21-22(14-19)34-18-33-21/h12-14,20,23-25H,9-11,15-18H2,1-8H3/t20-,23-,24-,25-,29-/m0/s1. The number of nitrogens with zero attached hydrogens (tertiary/aromatic N) is 1. The predicted octanol–water partition coefficient (Wildman–Crippen LogP) is 6.50. The van der Waals surface area contributed by atoms with Crippen LogP contribution >= 0.6 is 24.0 Å². The quantitative estimate of drug-likeness (QED) is 0.242. The molecule has 8 nitrogen and oxygen atoms in total. The molecule has 1 aromatic carbocycles. The predicted molar refractivity (Wildman–Crippen MR) is 164 cm³/mol. The van der Waals surface area contributed by atoms with E-state index in [0.717, 1.165) is 23.7 Å². The fourth-order valence-corrected chi connectivity index (χ4v) is 9.85. The Labute approximate surface area is 249 Å². The first-order valence-corrected chi connectivity index (χ1v) is 18.5. The van der Waals surface area contributed by atoms with Gasteiger partial charge in [0.25, 0.3) is 0 Å². The van der Waals surface area contributed by atoms with Gasteiger partial charge in [0, 0.05) is 13.5 Å². The molecule has 2 fully saturated rings. The Balaban J connectivity index is 1.95. The second kappa shape index (κ2) is 12.4. The summed E-state index contributed by atoms with van der Waals surface area (Å²) in [5.74, 6) is 1.39. The van der Waals surface area contributed by atoms with Gasteiger partial charge in [0.15, 0.2) is 19.8 Å². The molecular formula is C29H45NO7S2Si.